The SMILES string of the molecule is CC1(C)c2ccccc2-c2ccc3c(oc4c5ccccc5c5c(c34)Cc3cccnc3-5)c21. The molecule has 0 fully saturated rings. The van der Waals surface area contributed by atoms with Gasteiger partial charge < -0.3 is 4.42 Å². The van der Waals surface area contributed by atoms with Crippen molar-refractivity contribution < 1.29 is 4.42 Å². The first-order chi connectivity index (χ1) is 16.1. The maximum Gasteiger partial charge on any atom is 0.143 e. The molecule has 2 aromatic heterocycles. The van der Waals surface area contributed by atoms with Gasteiger partial charge in [0.15, 0.2) is 0 Å². The molecule has 0 saturated heterocycles. The van der Waals surface area contributed by atoms with Crippen molar-refractivity contribution >= 4 is 32.7 Å². The standard InChI is InChI=1S/C31H21NO/c1-31(2)24-12-6-5-9-18(24)20-13-14-22-26-23-16-17-8-7-15-32-28(17)25(23)19-10-3-4-11-21(19)29(26)33-30(22)27(20)31/h3-15H,16H2,1-2H3. The number of aromatic nitrogens is 1. The molecule has 0 unspecified atom stereocenters. The topological polar surface area (TPSA) is 26.0 Å². The number of benzene rings is 4. The fraction of sp³-hybridized carbons (Fsp3) is 0.129. The molecular formula is C31H21NO. The molecule has 2 aliphatic rings. The van der Waals surface area contributed by atoms with Gasteiger partial charge in [0.1, 0.15) is 11.2 Å². The summed E-state index contributed by atoms with van der Waals surface area (Å²) in [6.07, 6.45) is 2.81. The van der Waals surface area contributed by atoms with Crippen molar-refractivity contribution in [3.8, 4) is 22.4 Å². The molecule has 0 aliphatic heterocycles. The highest BCUT2D eigenvalue weighted by Crippen LogP contribution is 2.54. The van der Waals surface area contributed by atoms with Crippen molar-refractivity contribution in [3.05, 3.63) is 101 Å². The van der Waals surface area contributed by atoms with Crippen molar-refractivity contribution in [1.82, 2.24) is 4.98 Å². The Balaban J connectivity index is 1.58. The molecule has 2 heteroatoms. The van der Waals surface area contributed by atoms with Gasteiger partial charge in [-0.1, -0.05) is 74.5 Å². The largest absolute Gasteiger partial charge is 0.455 e. The van der Waals surface area contributed by atoms with Crippen LogP contribution in [-0.2, 0) is 11.8 Å². The summed E-state index contributed by atoms with van der Waals surface area (Å²) in [4.78, 5) is 4.80. The third-order valence-electron chi connectivity index (χ3n) is 7.91. The molecular weight excluding hydrogens is 402 g/mol. The third-order valence-corrected chi connectivity index (χ3v) is 7.91. The summed E-state index contributed by atoms with van der Waals surface area (Å²) in [6, 6.07) is 26.3. The minimum Gasteiger partial charge on any atom is -0.455 e. The molecule has 2 heterocycles. The molecule has 0 radical (unpaired) electrons. The van der Waals surface area contributed by atoms with E-state index in [0.717, 1.165) is 23.3 Å². The van der Waals surface area contributed by atoms with Gasteiger partial charge in [-0.15, -0.1) is 0 Å². The molecule has 0 atom stereocenters. The highest BCUT2D eigenvalue weighted by molar-refractivity contribution is 6.23. The van der Waals surface area contributed by atoms with E-state index < -0.39 is 0 Å². The van der Waals surface area contributed by atoms with Gasteiger partial charge >= 0.3 is 0 Å². The van der Waals surface area contributed by atoms with Crippen LogP contribution >= 0.6 is 0 Å². The van der Waals surface area contributed by atoms with Crippen LogP contribution in [0, 0.1) is 0 Å². The number of furan rings is 1. The van der Waals surface area contributed by atoms with Crippen LogP contribution in [0.5, 0.6) is 0 Å². The van der Waals surface area contributed by atoms with E-state index in [0.29, 0.717) is 0 Å². The van der Waals surface area contributed by atoms with Crippen LogP contribution in [-0.4, -0.2) is 4.98 Å². The number of nitrogens with zero attached hydrogens (tertiary/aromatic N) is 1. The average Bonchev–Trinajstić information content (AvgIpc) is 3.48. The van der Waals surface area contributed by atoms with Gasteiger partial charge in [0, 0.05) is 45.3 Å². The molecule has 156 valence electrons. The van der Waals surface area contributed by atoms with Crippen molar-refractivity contribution in [2.45, 2.75) is 25.7 Å². The highest BCUT2D eigenvalue weighted by atomic mass is 16.3. The van der Waals surface area contributed by atoms with Crippen LogP contribution in [0.15, 0.2) is 83.4 Å². The lowest BCUT2D eigenvalue weighted by molar-refractivity contribution is 0.621. The van der Waals surface area contributed by atoms with E-state index in [1.165, 1.54) is 60.5 Å². The average molecular weight is 424 g/mol. The van der Waals surface area contributed by atoms with Gasteiger partial charge in [-0.2, -0.15) is 0 Å². The molecule has 2 nitrogen and oxygen atoms in total. The summed E-state index contributed by atoms with van der Waals surface area (Å²) in [6.45, 7) is 4.65. The van der Waals surface area contributed by atoms with Gasteiger partial charge in [0.05, 0.1) is 5.69 Å². The second kappa shape index (κ2) is 5.71. The van der Waals surface area contributed by atoms with Gasteiger partial charge in [-0.25, -0.2) is 0 Å². The van der Waals surface area contributed by atoms with Gasteiger partial charge in [-0.05, 0) is 45.3 Å². The Labute approximate surface area is 191 Å². The summed E-state index contributed by atoms with van der Waals surface area (Å²) in [5.41, 5.74) is 12.3. The van der Waals surface area contributed by atoms with E-state index in [2.05, 4.69) is 80.6 Å². The first-order valence-electron chi connectivity index (χ1n) is 11.6. The van der Waals surface area contributed by atoms with E-state index in [1.807, 2.05) is 12.3 Å². The number of pyridine rings is 1. The number of fused-ring (bicyclic) bond motifs is 14. The second-order valence-corrected chi connectivity index (χ2v) is 9.93. The summed E-state index contributed by atoms with van der Waals surface area (Å²) < 4.78 is 6.88. The highest BCUT2D eigenvalue weighted by Gasteiger charge is 2.39. The minimum atomic E-state index is -0.108. The minimum absolute atomic E-state index is 0.108. The maximum atomic E-state index is 6.88. The molecule has 0 saturated carbocycles. The second-order valence-electron chi connectivity index (χ2n) is 9.93. The van der Waals surface area contributed by atoms with Crippen LogP contribution in [0.1, 0.15) is 36.1 Å². The Morgan fingerprint density at radius 3 is 2.48 bits per heavy atom. The normalized spacial score (nSPS) is 15.1. The van der Waals surface area contributed by atoms with E-state index in [9.17, 15) is 0 Å². The molecule has 0 spiro atoms. The lowest BCUT2D eigenvalue weighted by atomic mass is 9.81. The van der Waals surface area contributed by atoms with Crippen LogP contribution in [0.3, 0.4) is 0 Å². The predicted octanol–water partition coefficient (Wildman–Crippen LogP) is 8.01. The zero-order chi connectivity index (χ0) is 21.9. The monoisotopic (exact) mass is 423 g/mol. The van der Waals surface area contributed by atoms with Crippen LogP contribution in [0.4, 0.5) is 0 Å². The Morgan fingerprint density at radius 1 is 0.758 bits per heavy atom. The quantitative estimate of drug-likeness (QED) is 0.247. The van der Waals surface area contributed by atoms with Crippen LogP contribution in [0.25, 0.3) is 55.1 Å². The summed E-state index contributed by atoms with van der Waals surface area (Å²) in [5.74, 6) is 0. The molecule has 0 bridgehead atoms. The Kier molecular flexibility index (Phi) is 3.05. The number of hydrogen-bond acceptors (Lipinski definition) is 2. The molecule has 2 aliphatic carbocycles. The van der Waals surface area contributed by atoms with E-state index >= 15 is 0 Å². The van der Waals surface area contributed by atoms with Crippen molar-refractivity contribution in [3.63, 3.8) is 0 Å². The molecule has 6 aromatic rings. The van der Waals surface area contributed by atoms with E-state index in [4.69, 9.17) is 9.40 Å². The molecule has 33 heavy (non-hydrogen) atoms. The Morgan fingerprint density at radius 2 is 1.58 bits per heavy atom. The van der Waals surface area contributed by atoms with Crippen molar-refractivity contribution in [1.29, 1.82) is 0 Å². The Bertz CT molecular complexity index is 1820. The summed E-state index contributed by atoms with van der Waals surface area (Å²) >= 11 is 0. The van der Waals surface area contributed by atoms with Crippen molar-refractivity contribution in [2.24, 2.45) is 0 Å². The lowest BCUT2D eigenvalue weighted by Crippen LogP contribution is -2.15. The van der Waals surface area contributed by atoms with Crippen molar-refractivity contribution in [2.75, 3.05) is 0 Å². The molecule has 4 aromatic carbocycles. The van der Waals surface area contributed by atoms with Gasteiger partial charge in [-0.3, -0.25) is 4.98 Å². The van der Waals surface area contributed by atoms with Gasteiger partial charge in [0.25, 0.3) is 0 Å². The maximum absolute atomic E-state index is 6.88. The molecule has 0 N–H and O–H groups in total. The van der Waals surface area contributed by atoms with E-state index in [1.54, 1.807) is 0 Å². The van der Waals surface area contributed by atoms with E-state index in [-0.39, 0.29) is 5.41 Å². The molecule has 8 rings (SSSR count). The van der Waals surface area contributed by atoms with Gasteiger partial charge in [0.2, 0.25) is 0 Å². The Hall–Kier alpha value is -3.91. The summed E-state index contributed by atoms with van der Waals surface area (Å²) in [7, 11) is 0. The number of rotatable bonds is 0. The van der Waals surface area contributed by atoms with Crippen LogP contribution in [0.2, 0.25) is 0 Å². The molecule has 0 amide bonds. The van der Waals surface area contributed by atoms with Crippen LogP contribution < -0.4 is 0 Å². The number of hydrogen-bond donors (Lipinski definition) is 0. The predicted molar refractivity (Wildman–Crippen MR) is 135 cm³/mol. The fourth-order valence-electron chi connectivity index (χ4n) is 6.52. The zero-order valence-electron chi connectivity index (χ0n) is 18.6. The third kappa shape index (κ3) is 1.99. The first kappa shape index (κ1) is 17.6. The zero-order valence-corrected chi connectivity index (χ0v) is 18.6. The fourth-order valence-corrected chi connectivity index (χ4v) is 6.52. The smallest absolute Gasteiger partial charge is 0.143 e. The summed E-state index contributed by atoms with van der Waals surface area (Å²) in [5, 5.41) is 4.88. The lowest BCUT2D eigenvalue weighted by Gasteiger charge is -2.21. The first-order valence-corrected chi connectivity index (χ1v) is 11.6.